The van der Waals surface area contributed by atoms with Gasteiger partial charge in [-0.3, -0.25) is 4.79 Å². The fourth-order valence-electron chi connectivity index (χ4n) is 1.48. The van der Waals surface area contributed by atoms with Crippen molar-refractivity contribution >= 4 is 5.78 Å². The van der Waals surface area contributed by atoms with Crippen molar-refractivity contribution in [3.05, 3.63) is 29.8 Å². The van der Waals surface area contributed by atoms with Gasteiger partial charge in [0.25, 0.3) is 0 Å². The predicted molar refractivity (Wildman–Crippen MR) is 62.9 cm³/mol. The van der Waals surface area contributed by atoms with E-state index in [2.05, 4.69) is 15.1 Å². The van der Waals surface area contributed by atoms with Gasteiger partial charge in [0.15, 0.2) is 5.78 Å². The summed E-state index contributed by atoms with van der Waals surface area (Å²) in [5.74, 6) is 0.555. The molecule has 2 heterocycles. The van der Waals surface area contributed by atoms with Crippen LogP contribution in [0.25, 0.3) is 11.5 Å². The van der Waals surface area contributed by atoms with E-state index in [-0.39, 0.29) is 24.7 Å². The SMILES string of the molecule is COCC(=O)Cc1nc(-c2cccc(C)n2)no1. The number of rotatable bonds is 5. The van der Waals surface area contributed by atoms with Gasteiger partial charge in [-0.25, -0.2) is 4.98 Å². The van der Waals surface area contributed by atoms with Gasteiger partial charge in [0.1, 0.15) is 12.3 Å². The highest BCUT2D eigenvalue weighted by Gasteiger charge is 2.13. The minimum Gasteiger partial charge on any atom is -0.377 e. The van der Waals surface area contributed by atoms with Crippen LogP contribution in [0.5, 0.6) is 0 Å². The Morgan fingerprint density at radius 1 is 1.39 bits per heavy atom. The van der Waals surface area contributed by atoms with Crippen molar-refractivity contribution in [1.82, 2.24) is 15.1 Å². The fourth-order valence-corrected chi connectivity index (χ4v) is 1.48. The van der Waals surface area contributed by atoms with Crippen LogP contribution < -0.4 is 0 Å². The number of aryl methyl sites for hydroxylation is 1. The van der Waals surface area contributed by atoms with Crippen molar-refractivity contribution in [1.29, 1.82) is 0 Å². The standard InChI is InChI=1S/C12H13N3O3/c1-8-4-3-5-10(13-8)12-14-11(18-15-12)6-9(16)7-17-2/h3-5H,6-7H2,1-2H3. The Labute approximate surface area is 104 Å². The molecule has 0 bridgehead atoms. The Balaban J connectivity index is 2.13. The lowest BCUT2D eigenvalue weighted by Gasteiger charge is -1.94. The third kappa shape index (κ3) is 2.98. The van der Waals surface area contributed by atoms with Gasteiger partial charge < -0.3 is 9.26 Å². The van der Waals surface area contributed by atoms with E-state index in [1.54, 1.807) is 6.07 Å². The lowest BCUT2D eigenvalue weighted by Crippen LogP contribution is -2.09. The number of Topliss-reactive ketones (excluding diaryl/α,β-unsaturated/α-hetero) is 1. The monoisotopic (exact) mass is 247 g/mol. The van der Waals surface area contributed by atoms with Gasteiger partial charge in [-0.1, -0.05) is 11.2 Å². The molecule has 0 unspecified atom stereocenters. The third-order valence-corrected chi connectivity index (χ3v) is 2.24. The van der Waals surface area contributed by atoms with Gasteiger partial charge in [0.2, 0.25) is 11.7 Å². The molecule has 94 valence electrons. The maximum atomic E-state index is 11.3. The summed E-state index contributed by atoms with van der Waals surface area (Å²) in [6.45, 7) is 1.92. The van der Waals surface area contributed by atoms with Crippen LogP contribution in [-0.4, -0.2) is 34.6 Å². The molecule has 0 saturated carbocycles. The summed E-state index contributed by atoms with van der Waals surface area (Å²) in [6, 6.07) is 5.54. The van der Waals surface area contributed by atoms with Crippen LogP contribution in [-0.2, 0) is 16.0 Å². The molecule has 0 N–H and O–H groups in total. The number of hydrogen-bond donors (Lipinski definition) is 0. The molecule has 6 heteroatoms. The number of methoxy groups -OCH3 is 1. The zero-order valence-corrected chi connectivity index (χ0v) is 10.2. The number of carbonyl (C=O) groups is 1. The van der Waals surface area contributed by atoms with E-state index in [1.165, 1.54) is 7.11 Å². The summed E-state index contributed by atoms with van der Waals surface area (Å²) in [4.78, 5) is 19.7. The molecule has 0 aliphatic rings. The van der Waals surface area contributed by atoms with Crippen LogP contribution in [0.4, 0.5) is 0 Å². The van der Waals surface area contributed by atoms with Crippen molar-refractivity contribution < 1.29 is 14.1 Å². The highest BCUT2D eigenvalue weighted by atomic mass is 16.5. The maximum Gasteiger partial charge on any atom is 0.234 e. The highest BCUT2D eigenvalue weighted by Crippen LogP contribution is 2.13. The van der Waals surface area contributed by atoms with Gasteiger partial charge in [0.05, 0.1) is 6.42 Å². The minimum atomic E-state index is -0.107. The van der Waals surface area contributed by atoms with Crippen molar-refractivity contribution in [3.63, 3.8) is 0 Å². The highest BCUT2D eigenvalue weighted by molar-refractivity contribution is 5.81. The van der Waals surface area contributed by atoms with Gasteiger partial charge in [-0.05, 0) is 19.1 Å². The van der Waals surface area contributed by atoms with Crippen LogP contribution >= 0.6 is 0 Å². The first-order valence-corrected chi connectivity index (χ1v) is 5.46. The first kappa shape index (κ1) is 12.4. The summed E-state index contributed by atoms with van der Waals surface area (Å²) in [7, 11) is 1.47. The van der Waals surface area contributed by atoms with Crippen LogP contribution in [0.15, 0.2) is 22.7 Å². The second-order valence-electron chi connectivity index (χ2n) is 3.82. The van der Waals surface area contributed by atoms with Gasteiger partial charge >= 0.3 is 0 Å². The molecule has 2 aromatic heterocycles. The van der Waals surface area contributed by atoms with Crippen molar-refractivity contribution in [3.8, 4) is 11.5 Å². The van der Waals surface area contributed by atoms with E-state index in [1.807, 2.05) is 19.1 Å². The Hall–Kier alpha value is -2.08. The molecule has 0 spiro atoms. The van der Waals surface area contributed by atoms with E-state index >= 15 is 0 Å². The summed E-state index contributed by atoms with van der Waals surface area (Å²) in [5.41, 5.74) is 1.50. The van der Waals surface area contributed by atoms with Gasteiger partial charge in [-0.2, -0.15) is 4.98 Å². The zero-order valence-electron chi connectivity index (χ0n) is 10.2. The molecular weight excluding hydrogens is 234 g/mol. The minimum absolute atomic E-state index is 0.0421. The summed E-state index contributed by atoms with van der Waals surface area (Å²) in [6.07, 6.45) is 0.0760. The normalized spacial score (nSPS) is 10.6. The van der Waals surface area contributed by atoms with Gasteiger partial charge in [0, 0.05) is 12.8 Å². The van der Waals surface area contributed by atoms with Crippen LogP contribution in [0, 0.1) is 6.92 Å². The zero-order chi connectivity index (χ0) is 13.0. The second-order valence-corrected chi connectivity index (χ2v) is 3.82. The Kier molecular flexibility index (Phi) is 3.78. The van der Waals surface area contributed by atoms with Gasteiger partial charge in [-0.15, -0.1) is 0 Å². The van der Waals surface area contributed by atoms with Crippen LogP contribution in [0.1, 0.15) is 11.6 Å². The molecule has 0 amide bonds. The molecular formula is C12H13N3O3. The number of aromatic nitrogens is 3. The number of nitrogens with zero attached hydrogens (tertiary/aromatic N) is 3. The molecule has 2 rings (SSSR count). The lowest BCUT2D eigenvalue weighted by molar-refractivity contribution is -0.122. The smallest absolute Gasteiger partial charge is 0.234 e. The Morgan fingerprint density at radius 2 is 2.22 bits per heavy atom. The summed E-state index contributed by atoms with van der Waals surface area (Å²) < 4.78 is 9.73. The van der Waals surface area contributed by atoms with E-state index < -0.39 is 0 Å². The fraction of sp³-hybridized carbons (Fsp3) is 0.333. The number of carbonyl (C=O) groups excluding carboxylic acids is 1. The number of ketones is 1. The first-order chi connectivity index (χ1) is 8.69. The summed E-state index contributed by atoms with van der Waals surface area (Å²) in [5, 5.41) is 3.80. The molecule has 0 aliphatic heterocycles. The predicted octanol–water partition coefficient (Wildman–Crippen LogP) is 1.20. The van der Waals surface area contributed by atoms with Crippen molar-refractivity contribution in [2.75, 3.05) is 13.7 Å². The molecule has 0 atom stereocenters. The summed E-state index contributed by atoms with van der Waals surface area (Å²) >= 11 is 0. The average molecular weight is 247 g/mol. The molecule has 0 saturated heterocycles. The van der Waals surface area contributed by atoms with Crippen molar-refractivity contribution in [2.45, 2.75) is 13.3 Å². The van der Waals surface area contributed by atoms with E-state index in [0.29, 0.717) is 11.5 Å². The Bertz CT molecular complexity index is 551. The topological polar surface area (TPSA) is 78.1 Å². The number of hydrogen-bond acceptors (Lipinski definition) is 6. The van der Waals surface area contributed by atoms with Crippen molar-refractivity contribution in [2.24, 2.45) is 0 Å². The second kappa shape index (κ2) is 5.50. The molecule has 0 radical (unpaired) electrons. The van der Waals surface area contributed by atoms with E-state index in [4.69, 9.17) is 9.26 Å². The largest absolute Gasteiger partial charge is 0.377 e. The average Bonchev–Trinajstić information content (AvgIpc) is 2.78. The van der Waals surface area contributed by atoms with E-state index in [9.17, 15) is 4.79 Å². The quantitative estimate of drug-likeness (QED) is 0.790. The molecule has 6 nitrogen and oxygen atoms in total. The lowest BCUT2D eigenvalue weighted by atomic mass is 10.3. The Morgan fingerprint density at radius 3 is 2.94 bits per heavy atom. The number of pyridine rings is 1. The third-order valence-electron chi connectivity index (χ3n) is 2.24. The van der Waals surface area contributed by atoms with Crippen LogP contribution in [0.3, 0.4) is 0 Å². The maximum absolute atomic E-state index is 11.3. The van der Waals surface area contributed by atoms with Crippen LogP contribution in [0.2, 0.25) is 0 Å². The first-order valence-electron chi connectivity index (χ1n) is 5.46. The molecule has 0 fully saturated rings. The van der Waals surface area contributed by atoms with E-state index in [0.717, 1.165) is 5.69 Å². The molecule has 18 heavy (non-hydrogen) atoms. The molecule has 2 aromatic rings. The molecule has 0 aliphatic carbocycles. The molecule has 0 aromatic carbocycles. The number of ether oxygens (including phenoxy) is 1.